The fourth-order valence-electron chi connectivity index (χ4n) is 1.88. The Morgan fingerprint density at radius 1 is 1.05 bits per heavy atom. The van der Waals surface area contributed by atoms with Crippen molar-refractivity contribution < 1.29 is 17.6 Å². The average Bonchev–Trinajstić information content (AvgIpc) is 2.40. The molecule has 0 aliphatic rings. The summed E-state index contributed by atoms with van der Waals surface area (Å²) in [5.41, 5.74) is 0.322. The fourth-order valence-corrected chi connectivity index (χ4v) is 1.88. The van der Waals surface area contributed by atoms with Crippen LogP contribution in [0.25, 0.3) is 11.4 Å². The molecule has 0 spiro atoms. The molecular formula is C14H13F4N3. The smallest absolute Gasteiger partial charge is 0.373 e. The number of alkyl halides is 3. The van der Waals surface area contributed by atoms with Crippen molar-refractivity contribution in [2.24, 2.45) is 0 Å². The van der Waals surface area contributed by atoms with Crippen LogP contribution in [-0.4, -0.2) is 17.0 Å². The topological polar surface area (TPSA) is 37.8 Å². The number of aryl methyl sites for hydroxylation is 1. The van der Waals surface area contributed by atoms with E-state index in [9.17, 15) is 17.6 Å². The highest BCUT2D eigenvalue weighted by Gasteiger charge is 2.31. The molecule has 0 saturated heterocycles. The number of halogens is 4. The summed E-state index contributed by atoms with van der Waals surface area (Å²) in [5.74, 6) is -0.435. The molecule has 0 amide bonds. The lowest BCUT2D eigenvalue weighted by Crippen LogP contribution is -2.07. The predicted octanol–water partition coefficient (Wildman–Crippen LogP) is 3.96. The second-order valence-electron chi connectivity index (χ2n) is 4.58. The van der Waals surface area contributed by atoms with Gasteiger partial charge in [-0.3, -0.25) is 0 Å². The Kier molecular flexibility index (Phi) is 3.85. The van der Waals surface area contributed by atoms with Gasteiger partial charge in [-0.05, 0) is 32.0 Å². The van der Waals surface area contributed by atoms with Gasteiger partial charge < -0.3 is 5.32 Å². The zero-order valence-corrected chi connectivity index (χ0v) is 11.6. The molecule has 2 aromatic rings. The molecule has 1 aromatic heterocycles. The summed E-state index contributed by atoms with van der Waals surface area (Å²) < 4.78 is 51.6. The van der Waals surface area contributed by atoms with Crippen LogP contribution >= 0.6 is 0 Å². The second-order valence-corrected chi connectivity index (χ2v) is 4.58. The highest BCUT2D eigenvalue weighted by Crippen LogP contribution is 2.32. The van der Waals surface area contributed by atoms with Crippen molar-refractivity contribution in [3.05, 3.63) is 40.8 Å². The maximum Gasteiger partial charge on any atom is 0.416 e. The molecule has 0 aliphatic heterocycles. The van der Waals surface area contributed by atoms with Gasteiger partial charge in [0.25, 0.3) is 0 Å². The van der Waals surface area contributed by atoms with E-state index >= 15 is 0 Å². The van der Waals surface area contributed by atoms with E-state index in [0.29, 0.717) is 17.6 Å². The molecule has 1 aromatic carbocycles. The fraction of sp³-hybridized carbons (Fsp3) is 0.286. The van der Waals surface area contributed by atoms with Gasteiger partial charge in [-0.25, -0.2) is 14.4 Å². The first-order chi connectivity index (χ1) is 9.72. The number of nitrogens with zero attached hydrogens (tertiary/aromatic N) is 2. The van der Waals surface area contributed by atoms with Gasteiger partial charge in [0.05, 0.1) is 5.56 Å². The first-order valence-electron chi connectivity index (χ1n) is 6.13. The molecule has 3 nitrogen and oxygen atoms in total. The van der Waals surface area contributed by atoms with E-state index in [4.69, 9.17) is 0 Å². The molecule has 21 heavy (non-hydrogen) atoms. The minimum atomic E-state index is -4.62. The number of hydrogen-bond acceptors (Lipinski definition) is 3. The van der Waals surface area contributed by atoms with Crippen LogP contribution in [0.4, 0.5) is 23.4 Å². The second kappa shape index (κ2) is 5.31. The summed E-state index contributed by atoms with van der Waals surface area (Å²) >= 11 is 0. The molecule has 1 N–H and O–H groups in total. The minimum absolute atomic E-state index is 0.0121. The van der Waals surface area contributed by atoms with Crippen molar-refractivity contribution in [3.8, 4) is 11.4 Å². The van der Waals surface area contributed by atoms with Gasteiger partial charge >= 0.3 is 6.18 Å². The van der Waals surface area contributed by atoms with Crippen molar-refractivity contribution >= 4 is 5.82 Å². The first kappa shape index (κ1) is 15.2. The van der Waals surface area contributed by atoms with Gasteiger partial charge in [0.1, 0.15) is 11.6 Å². The third kappa shape index (κ3) is 3.12. The van der Waals surface area contributed by atoms with E-state index in [1.807, 2.05) is 0 Å². The number of nitrogens with one attached hydrogen (secondary N) is 1. The number of hydrogen-bond donors (Lipinski definition) is 1. The van der Waals surface area contributed by atoms with E-state index in [1.54, 1.807) is 20.9 Å². The van der Waals surface area contributed by atoms with Crippen LogP contribution < -0.4 is 5.32 Å². The largest absolute Gasteiger partial charge is 0.416 e. The van der Waals surface area contributed by atoms with Crippen molar-refractivity contribution in [2.45, 2.75) is 20.0 Å². The summed E-state index contributed by atoms with van der Waals surface area (Å²) in [4.78, 5) is 8.26. The van der Waals surface area contributed by atoms with Crippen LogP contribution in [0.5, 0.6) is 0 Å². The van der Waals surface area contributed by atoms with Crippen LogP contribution in [0, 0.1) is 19.7 Å². The highest BCUT2D eigenvalue weighted by atomic mass is 19.4. The van der Waals surface area contributed by atoms with Crippen LogP contribution in [-0.2, 0) is 6.18 Å². The molecule has 112 valence electrons. The van der Waals surface area contributed by atoms with Gasteiger partial charge in [0.15, 0.2) is 5.82 Å². The molecule has 0 bridgehead atoms. The Hall–Kier alpha value is -2.18. The highest BCUT2D eigenvalue weighted by molar-refractivity contribution is 5.60. The van der Waals surface area contributed by atoms with Gasteiger partial charge in [0, 0.05) is 23.9 Å². The Balaban J connectivity index is 2.62. The van der Waals surface area contributed by atoms with Gasteiger partial charge in [-0.15, -0.1) is 0 Å². The number of benzene rings is 1. The molecule has 7 heteroatoms. The standard InChI is InChI=1S/C14H13F4N3/c1-7-8(2)20-13(21-12(7)19-3)9-4-10(14(16,17)18)6-11(15)5-9/h4-6H,1-3H3,(H,19,20,21). The molecule has 0 unspecified atom stereocenters. The molecular weight excluding hydrogens is 286 g/mol. The lowest BCUT2D eigenvalue weighted by molar-refractivity contribution is -0.137. The van der Waals surface area contributed by atoms with E-state index < -0.39 is 17.6 Å². The van der Waals surface area contributed by atoms with E-state index in [-0.39, 0.29) is 11.4 Å². The molecule has 0 saturated carbocycles. The summed E-state index contributed by atoms with van der Waals surface area (Å²) in [6.07, 6.45) is -4.62. The lowest BCUT2D eigenvalue weighted by Gasteiger charge is -2.12. The third-order valence-electron chi connectivity index (χ3n) is 3.11. The lowest BCUT2D eigenvalue weighted by atomic mass is 10.1. The van der Waals surface area contributed by atoms with Crippen LogP contribution in [0.1, 0.15) is 16.8 Å². The zero-order chi connectivity index (χ0) is 15.8. The number of anilines is 1. The zero-order valence-electron chi connectivity index (χ0n) is 11.6. The molecule has 2 rings (SSSR count). The summed E-state index contributed by atoms with van der Waals surface area (Å²) in [6.45, 7) is 3.50. The van der Waals surface area contributed by atoms with Crippen molar-refractivity contribution in [1.29, 1.82) is 0 Å². The number of aromatic nitrogens is 2. The maximum atomic E-state index is 13.4. The molecule has 0 radical (unpaired) electrons. The molecule has 0 atom stereocenters. The molecule has 1 heterocycles. The molecule has 0 fully saturated rings. The summed E-state index contributed by atoms with van der Waals surface area (Å²) in [7, 11) is 1.64. The summed E-state index contributed by atoms with van der Waals surface area (Å²) in [6, 6.07) is 2.27. The van der Waals surface area contributed by atoms with Crippen molar-refractivity contribution in [3.63, 3.8) is 0 Å². The first-order valence-corrected chi connectivity index (χ1v) is 6.13. The maximum absolute atomic E-state index is 13.4. The van der Waals surface area contributed by atoms with E-state index in [1.165, 1.54) is 0 Å². The normalized spacial score (nSPS) is 11.6. The van der Waals surface area contributed by atoms with Crippen molar-refractivity contribution in [1.82, 2.24) is 9.97 Å². The Labute approximate surface area is 119 Å². The van der Waals surface area contributed by atoms with Gasteiger partial charge in [-0.1, -0.05) is 0 Å². The quantitative estimate of drug-likeness (QED) is 0.853. The SMILES string of the molecule is CNc1nc(-c2cc(F)cc(C(F)(F)F)c2)nc(C)c1C. The Morgan fingerprint density at radius 3 is 2.29 bits per heavy atom. The van der Waals surface area contributed by atoms with Crippen molar-refractivity contribution in [2.75, 3.05) is 12.4 Å². The van der Waals surface area contributed by atoms with Gasteiger partial charge in [0.2, 0.25) is 0 Å². The Bertz CT molecular complexity index is 681. The van der Waals surface area contributed by atoms with E-state index in [0.717, 1.165) is 17.7 Å². The summed E-state index contributed by atoms with van der Waals surface area (Å²) in [5, 5.41) is 2.84. The number of rotatable bonds is 2. The average molecular weight is 299 g/mol. The van der Waals surface area contributed by atoms with Crippen LogP contribution in [0.2, 0.25) is 0 Å². The monoisotopic (exact) mass is 299 g/mol. The third-order valence-corrected chi connectivity index (χ3v) is 3.11. The molecule has 0 aliphatic carbocycles. The Morgan fingerprint density at radius 2 is 1.71 bits per heavy atom. The van der Waals surface area contributed by atoms with Crippen LogP contribution in [0.15, 0.2) is 18.2 Å². The van der Waals surface area contributed by atoms with Crippen LogP contribution in [0.3, 0.4) is 0 Å². The minimum Gasteiger partial charge on any atom is -0.373 e. The van der Waals surface area contributed by atoms with Gasteiger partial charge in [-0.2, -0.15) is 13.2 Å². The van der Waals surface area contributed by atoms with E-state index in [2.05, 4.69) is 15.3 Å². The predicted molar refractivity (Wildman–Crippen MR) is 71.4 cm³/mol.